The van der Waals surface area contributed by atoms with Gasteiger partial charge in [-0.2, -0.15) is 0 Å². The zero-order chi connectivity index (χ0) is 13.8. The van der Waals surface area contributed by atoms with Crippen molar-refractivity contribution in [1.29, 1.82) is 0 Å². The second-order valence-corrected chi connectivity index (χ2v) is 5.32. The Morgan fingerprint density at radius 3 is 2.79 bits per heavy atom. The van der Waals surface area contributed by atoms with Crippen molar-refractivity contribution in [3.8, 4) is 0 Å². The van der Waals surface area contributed by atoms with E-state index in [0.29, 0.717) is 6.17 Å². The molecule has 19 heavy (non-hydrogen) atoms. The van der Waals surface area contributed by atoms with Crippen LogP contribution in [-0.4, -0.2) is 36.9 Å². The molecule has 3 nitrogen and oxygen atoms in total. The van der Waals surface area contributed by atoms with Crippen LogP contribution in [0.15, 0.2) is 17.1 Å². The lowest BCUT2D eigenvalue weighted by molar-refractivity contribution is 0.241. The lowest BCUT2D eigenvalue weighted by Gasteiger charge is -2.21. The molecule has 0 aromatic rings. The average molecular weight is 265 g/mol. The van der Waals surface area contributed by atoms with Crippen molar-refractivity contribution in [2.75, 3.05) is 19.6 Å². The van der Waals surface area contributed by atoms with Crippen molar-refractivity contribution < 1.29 is 0 Å². The normalized spacial score (nSPS) is 19.8. The molecule has 0 aromatic carbocycles. The van der Waals surface area contributed by atoms with Gasteiger partial charge in [0.05, 0.1) is 0 Å². The highest BCUT2D eigenvalue weighted by atomic mass is 15.3. The van der Waals surface area contributed by atoms with Crippen LogP contribution in [0.25, 0.3) is 0 Å². The number of rotatable bonds is 11. The Bertz CT molecular complexity index is 261. The van der Waals surface area contributed by atoms with E-state index in [2.05, 4.69) is 29.0 Å². The lowest BCUT2D eigenvalue weighted by atomic mass is 10.1. The van der Waals surface area contributed by atoms with Crippen molar-refractivity contribution in [2.45, 2.75) is 64.5 Å². The minimum Gasteiger partial charge on any atom is -0.329 e. The number of hydrogen-bond acceptors (Lipinski definition) is 3. The van der Waals surface area contributed by atoms with Gasteiger partial charge in [-0.15, -0.1) is 0 Å². The van der Waals surface area contributed by atoms with Gasteiger partial charge in [0, 0.05) is 25.8 Å². The summed E-state index contributed by atoms with van der Waals surface area (Å²) in [5.41, 5.74) is 5.61. The third-order valence-corrected chi connectivity index (χ3v) is 3.67. The number of unbranched alkanes of at least 4 members (excludes halogenated alkanes) is 5. The van der Waals surface area contributed by atoms with Gasteiger partial charge in [0.25, 0.3) is 0 Å². The maximum absolute atomic E-state index is 5.61. The first kappa shape index (κ1) is 16.4. The zero-order valence-corrected chi connectivity index (χ0v) is 12.6. The van der Waals surface area contributed by atoms with Gasteiger partial charge in [0.15, 0.2) is 0 Å². The van der Waals surface area contributed by atoms with Gasteiger partial charge in [0.2, 0.25) is 0 Å². The number of hydrogen-bond donors (Lipinski definition) is 1. The first-order valence-corrected chi connectivity index (χ1v) is 7.99. The molecule has 1 rings (SSSR count). The second kappa shape index (κ2) is 11.2. The van der Waals surface area contributed by atoms with Crippen LogP contribution < -0.4 is 5.73 Å². The zero-order valence-electron chi connectivity index (χ0n) is 12.6. The maximum atomic E-state index is 5.61. The summed E-state index contributed by atoms with van der Waals surface area (Å²) in [5.74, 6) is 0. The number of nitrogens with zero attached hydrogens (tertiary/aromatic N) is 2. The first-order valence-electron chi connectivity index (χ1n) is 7.99. The smallest absolute Gasteiger partial charge is 0.102 e. The van der Waals surface area contributed by atoms with Gasteiger partial charge >= 0.3 is 0 Å². The van der Waals surface area contributed by atoms with Crippen LogP contribution in [0.1, 0.15) is 58.3 Å². The molecule has 0 spiro atoms. The van der Waals surface area contributed by atoms with E-state index >= 15 is 0 Å². The third-order valence-electron chi connectivity index (χ3n) is 3.67. The fraction of sp³-hybridized carbons (Fsp3) is 0.812. The van der Waals surface area contributed by atoms with Gasteiger partial charge < -0.3 is 5.73 Å². The topological polar surface area (TPSA) is 41.6 Å². The monoisotopic (exact) mass is 265 g/mol. The van der Waals surface area contributed by atoms with Crippen molar-refractivity contribution in [3.05, 3.63) is 12.2 Å². The summed E-state index contributed by atoms with van der Waals surface area (Å²) in [6.45, 7) is 4.90. The summed E-state index contributed by atoms with van der Waals surface area (Å²) in [4.78, 5) is 6.92. The largest absolute Gasteiger partial charge is 0.329 e. The molecule has 0 saturated carbocycles. The van der Waals surface area contributed by atoms with Crippen LogP contribution in [0.2, 0.25) is 0 Å². The molecule has 0 radical (unpaired) electrons. The average Bonchev–Trinajstić information content (AvgIpc) is 2.85. The number of allylic oxidation sites excluding steroid dienone is 2. The van der Waals surface area contributed by atoms with Gasteiger partial charge in [-0.3, -0.25) is 9.89 Å². The summed E-state index contributed by atoms with van der Waals surface area (Å²) in [6.07, 6.45) is 17.4. The molecular formula is C16H31N3. The van der Waals surface area contributed by atoms with Crippen molar-refractivity contribution in [2.24, 2.45) is 10.7 Å². The van der Waals surface area contributed by atoms with E-state index in [4.69, 9.17) is 5.73 Å². The van der Waals surface area contributed by atoms with E-state index in [1.165, 1.54) is 51.4 Å². The summed E-state index contributed by atoms with van der Waals surface area (Å²) in [7, 11) is 0. The summed E-state index contributed by atoms with van der Waals surface area (Å²) in [5, 5.41) is 0. The van der Waals surface area contributed by atoms with Crippen LogP contribution >= 0.6 is 0 Å². The predicted molar refractivity (Wildman–Crippen MR) is 84.7 cm³/mol. The molecule has 1 aliphatic rings. The molecule has 110 valence electrons. The molecule has 1 atom stereocenters. The lowest BCUT2D eigenvalue weighted by Crippen LogP contribution is -2.34. The highest BCUT2D eigenvalue weighted by Crippen LogP contribution is 2.15. The standard InChI is InChI=1S/C16H31N3/c1-2-3-4-5-6-7-8-9-10-11-16-18-13-15-19(16)14-12-17/h3-4,13,16H,2,5-12,14-15,17H2,1H3/b4-3+. The summed E-state index contributed by atoms with van der Waals surface area (Å²) < 4.78 is 0. The molecule has 2 N–H and O–H groups in total. The fourth-order valence-electron chi connectivity index (χ4n) is 2.56. The SMILES string of the molecule is CC/C=C/CCCCCCCC1N=CCN1CCN. The Morgan fingerprint density at radius 1 is 1.21 bits per heavy atom. The summed E-state index contributed by atoms with van der Waals surface area (Å²) >= 11 is 0. The maximum Gasteiger partial charge on any atom is 0.102 e. The predicted octanol–water partition coefficient (Wildman–Crippen LogP) is 3.35. The molecule has 3 heteroatoms. The molecule has 0 aromatic heterocycles. The van der Waals surface area contributed by atoms with Crippen LogP contribution in [0, 0.1) is 0 Å². The Kier molecular flexibility index (Phi) is 9.64. The second-order valence-electron chi connectivity index (χ2n) is 5.32. The number of nitrogens with two attached hydrogens (primary N) is 1. The minimum absolute atomic E-state index is 0.413. The molecule has 0 bridgehead atoms. The fourth-order valence-corrected chi connectivity index (χ4v) is 2.56. The molecule has 0 fully saturated rings. The molecule has 0 aliphatic carbocycles. The Labute approximate surface area is 119 Å². The van der Waals surface area contributed by atoms with Crippen molar-refractivity contribution >= 4 is 6.21 Å². The first-order chi connectivity index (χ1) is 9.38. The van der Waals surface area contributed by atoms with Gasteiger partial charge in [-0.05, 0) is 32.1 Å². The van der Waals surface area contributed by atoms with Crippen LogP contribution in [0.3, 0.4) is 0 Å². The van der Waals surface area contributed by atoms with Gasteiger partial charge in [0.1, 0.15) is 6.17 Å². The summed E-state index contributed by atoms with van der Waals surface area (Å²) in [6, 6.07) is 0. The Hall–Kier alpha value is -0.670. The van der Waals surface area contributed by atoms with Gasteiger partial charge in [-0.25, -0.2) is 0 Å². The third kappa shape index (κ3) is 7.48. The molecule has 1 unspecified atom stereocenters. The number of aliphatic imine (C=N–C) groups is 1. The highest BCUT2D eigenvalue weighted by molar-refractivity contribution is 5.62. The van der Waals surface area contributed by atoms with Crippen molar-refractivity contribution in [3.63, 3.8) is 0 Å². The molecular weight excluding hydrogens is 234 g/mol. The highest BCUT2D eigenvalue weighted by Gasteiger charge is 2.18. The molecule has 1 heterocycles. The van der Waals surface area contributed by atoms with Crippen LogP contribution in [0.5, 0.6) is 0 Å². The quantitative estimate of drug-likeness (QED) is 0.460. The van der Waals surface area contributed by atoms with E-state index in [-0.39, 0.29) is 0 Å². The van der Waals surface area contributed by atoms with E-state index in [1.807, 2.05) is 6.21 Å². The van der Waals surface area contributed by atoms with Crippen LogP contribution in [-0.2, 0) is 0 Å². The van der Waals surface area contributed by atoms with Crippen LogP contribution in [0.4, 0.5) is 0 Å². The molecule has 1 aliphatic heterocycles. The van der Waals surface area contributed by atoms with Crippen molar-refractivity contribution in [1.82, 2.24) is 4.90 Å². The Balaban J connectivity index is 1.93. The minimum atomic E-state index is 0.413. The van der Waals surface area contributed by atoms with E-state index in [9.17, 15) is 0 Å². The van der Waals surface area contributed by atoms with E-state index in [0.717, 1.165) is 19.6 Å². The van der Waals surface area contributed by atoms with E-state index in [1.54, 1.807) is 0 Å². The molecule has 0 saturated heterocycles. The van der Waals surface area contributed by atoms with Gasteiger partial charge in [-0.1, -0.05) is 38.3 Å². The Morgan fingerprint density at radius 2 is 2.00 bits per heavy atom. The molecule has 0 amide bonds. The van der Waals surface area contributed by atoms with E-state index < -0.39 is 0 Å².